The number of amides is 1. The Morgan fingerprint density at radius 1 is 1.19 bits per heavy atom. The molecule has 4 aromatic rings. The van der Waals surface area contributed by atoms with Crippen LogP contribution in [0, 0.1) is 5.82 Å². The van der Waals surface area contributed by atoms with Gasteiger partial charge in [-0.1, -0.05) is 17.3 Å². The molecule has 3 heterocycles. The molecular formula is C24H22F3N7O2. The molecule has 1 aliphatic rings. The van der Waals surface area contributed by atoms with Crippen molar-refractivity contribution in [3.63, 3.8) is 0 Å². The maximum atomic E-state index is 14.8. The summed E-state index contributed by atoms with van der Waals surface area (Å²) in [4.78, 5) is 20.8. The van der Waals surface area contributed by atoms with Gasteiger partial charge in [-0.25, -0.2) is 23.1 Å². The number of carbonyl (C=O) groups excluding carboxylic acids is 1. The van der Waals surface area contributed by atoms with Gasteiger partial charge in [-0.15, -0.1) is 0 Å². The highest BCUT2D eigenvalue weighted by atomic mass is 19.3. The van der Waals surface area contributed by atoms with Crippen LogP contribution in [0.4, 0.5) is 30.6 Å². The molecule has 0 spiro atoms. The summed E-state index contributed by atoms with van der Waals surface area (Å²) in [5.74, 6) is -3.55. The van der Waals surface area contributed by atoms with Crippen LogP contribution in [-0.4, -0.2) is 36.7 Å². The zero-order valence-electron chi connectivity index (χ0n) is 19.4. The molecule has 12 heteroatoms. The van der Waals surface area contributed by atoms with Crippen molar-refractivity contribution in [3.8, 4) is 11.1 Å². The number of carbonyl (C=O) groups is 1. The molecule has 1 saturated carbocycles. The maximum Gasteiger partial charge on any atom is 0.258 e. The van der Waals surface area contributed by atoms with E-state index >= 15 is 0 Å². The minimum absolute atomic E-state index is 0.0414. The van der Waals surface area contributed by atoms with Crippen molar-refractivity contribution in [3.05, 3.63) is 66.2 Å². The predicted molar refractivity (Wildman–Crippen MR) is 124 cm³/mol. The molecule has 186 valence electrons. The number of anilines is 3. The molecular weight excluding hydrogens is 475 g/mol. The van der Waals surface area contributed by atoms with Crippen molar-refractivity contribution in [2.45, 2.75) is 37.5 Å². The van der Waals surface area contributed by atoms with E-state index in [0.717, 1.165) is 12.6 Å². The third-order valence-corrected chi connectivity index (χ3v) is 6.16. The first-order valence-electron chi connectivity index (χ1n) is 11.1. The lowest BCUT2D eigenvalue weighted by Crippen LogP contribution is -2.29. The molecule has 2 N–H and O–H groups in total. The molecule has 9 nitrogen and oxygen atoms in total. The minimum Gasteiger partial charge on any atom is -0.358 e. The highest BCUT2D eigenvalue weighted by Crippen LogP contribution is 2.58. The molecule has 3 aromatic heterocycles. The largest absolute Gasteiger partial charge is 0.358 e. The first-order valence-corrected chi connectivity index (χ1v) is 11.1. The number of alkyl halides is 2. The summed E-state index contributed by atoms with van der Waals surface area (Å²) >= 11 is 0. The van der Waals surface area contributed by atoms with E-state index in [9.17, 15) is 18.0 Å². The average molecular weight is 497 g/mol. The van der Waals surface area contributed by atoms with Gasteiger partial charge < -0.3 is 15.2 Å². The van der Waals surface area contributed by atoms with E-state index in [0.29, 0.717) is 29.9 Å². The van der Waals surface area contributed by atoms with E-state index < -0.39 is 23.1 Å². The van der Waals surface area contributed by atoms with Crippen LogP contribution in [-0.2, 0) is 23.7 Å². The average Bonchev–Trinajstić information content (AvgIpc) is 3.36. The third kappa shape index (κ3) is 4.66. The Bertz CT molecular complexity index is 1410. The fourth-order valence-corrected chi connectivity index (χ4v) is 4.01. The lowest BCUT2D eigenvalue weighted by atomic mass is 9.96. The summed E-state index contributed by atoms with van der Waals surface area (Å²) in [6.45, 7) is 0.846. The minimum atomic E-state index is -2.95. The Morgan fingerprint density at radius 3 is 2.56 bits per heavy atom. The van der Waals surface area contributed by atoms with Gasteiger partial charge in [0.25, 0.3) is 5.92 Å². The summed E-state index contributed by atoms with van der Waals surface area (Å²) in [5, 5.41) is 13.2. The number of aryl methyl sites for hydroxylation is 1. The van der Waals surface area contributed by atoms with Gasteiger partial charge in [0, 0.05) is 49.8 Å². The first kappa shape index (κ1) is 23.5. The Labute approximate surface area is 203 Å². The van der Waals surface area contributed by atoms with E-state index in [1.807, 2.05) is 0 Å². The number of aromatic nitrogens is 5. The van der Waals surface area contributed by atoms with Crippen LogP contribution in [0.5, 0.6) is 0 Å². The summed E-state index contributed by atoms with van der Waals surface area (Å²) < 4.78 is 49.3. The van der Waals surface area contributed by atoms with E-state index in [1.54, 1.807) is 36.3 Å². The van der Waals surface area contributed by atoms with Crippen molar-refractivity contribution in [2.24, 2.45) is 7.05 Å². The Morgan fingerprint density at radius 2 is 1.94 bits per heavy atom. The number of halogens is 3. The van der Waals surface area contributed by atoms with Gasteiger partial charge in [0.05, 0.1) is 23.7 Å². The van der Waals surface area contributed by atoms with Crippen LogP contribution in [0.15, 0.2) is 53.6 Å². The normalized spacial score (nSPS) is 14.5. The molecule has 0 bridgehead atoms. The Kier molecular flexibility index (Phi) is 5.73. The van der Waals surface area contributed by atoms with Crippen LogP contribution in [0.2, 0.25) is 0 Å². The SMILES string of the molecule is Cn1cc(Nc2ncc(-c3ccc(CC(=O)Nc4cc(C5(C(C)(F)F)CC5)on4)cc3F)cn2)cn1. The maximum absolute atomic E-state index is 14.8. The second kappa shape index (κ2) is 8.77. The van der Waals surface area contributed by atoms with Gasteiger partial charge in [-0.3, -0.25) is 9.48 Å². The molecule has 0 unspecified atom stereocenters. The molecule has 1 fully saturated rings. The standard InChI is InChI=1S/C24H22F3N7O2/c1-23(26,27)24(5-6-24)19-9-20(33-36-19)32-21(35)8-14-3-4-17(18(25)7-14)15-10-28-22(29-11-15)31-16-12-30-34(2)13-16/h3-4,7,9-13H,5-6,8H2,1-2H3,(H,28,29,31)(H,32,33,35). The number of rotatable bonds is 8. The van der Waals surface area contributed by atoms with Crippen molar-refractivity contribution >= 4 is 23.4 Å². The number of nitrogens with zero attached hydrogens (tertiary/aromatic N) is 5. The van der Waals surface area contributed by atoms with E-state index in [2.05, 4.69) is 30.9 Å². The highest BCUT2D eigenvalue weighted by molar-refractivity contribution is 5.91. The molecule has 1 amide bonds. The zero-order valence-corrected chi connectivity index (χ0v) is 19.4. The molecule has 5 rings (SSSR count). The second-order valence-corrected chi connectivity index (χ2v) is 8.91. The van der Waals surface area contributed by atoms with Gasteiger partial charge in [-0.05, 0) is 24.5 Å². The van der Waals surface area contributed by atoms with Crippen LogP contribution < -0.4 is 10.6 Å². The van der Waals surface area contributed by atoms with Crippen LogP contribution in [0.3, 0.4) is 0 Å². The van der Waals surface area contributed by atoms with Crippen molar-refractivity contribution in [2.75, 3.05) is 10.6 Å². The number of hydrogen-bond donors (Lipinski definition) is 2. The molecule has 1 aromatic carbocycles. The molecule has 0 radical (unpaired) electrons. The van der Waals surface area contributed by atoms with Crippen LogP contribution >= 0.6 is 0 Å². The molecule has 1 aliphatic carbocycles. The lowest BCUT2D eigenvalue weighted by molar-refractivity contribution is -0.115. The fraction of sp³-hybridized carbons (Fsp3) is 0.292. The summed E-state index contributed by atoms with van der Waals surface area (Å²) in [6.07, 6.45) is 6.81. The summed E-state index contributed by atoms with van der Waals surface area (Å²) in [7, 11) is 1.79. The summed E-state index contributed by atoms with van der Waals surface area (Å²) in [6, 6.07) is 5.73. The number of nitrogens with one attached hydrogen (secondary N) is 2. The number of benzene rings is 1. The van der Waals surface area contributed by atoms with Crippen LogP contribution in [0.1, 0.15) is 31.1 Å². The van der Waals surface area contributed by atoms with Gasteiger partial charge in [0.15, 0.2) is 11.6 Å². The third-order valence-electron chi connectivity index (χ3n) is 6.16. The topological polar surface area (TPSA) is 111 Å². The second-order valence-electron chi connectivity index (χ2n) is 8.91. The van der Waals surface area contributed by atoms with Gasteiger partial charge in [-0.2, -0.15) is 5.10 Å². The smallest absolute Gasteiger partial charge is 0.258 e. The van der Waals surface area contributed by atoms with Crippen molar-refractivity contribution < 1.29 is 22.5 Å². The monoisotopic (exact) mass is 497 g/mol. The van der Waals surface area contributed by atoms with E-state index in [-0.39, 0.29) is 23.6 Å². The Balaban J connectivity index is 1.21. The van der Waals surface area contributed by atoms with Gasteiger partial charge in [0.2, 0.25) is 11.9 Å². The fourth-order valence-electron chi connectivity index (χ4n) is 4.01. The number of hydrogen-bond acceptors (Lipinski definition) is 7. The van der Waals surface area contributed by atoms with E-state index in [4.69, 9.17) is 4.52 Å². The van der Waals surface area contributed by atoms with Gasteiger partial charge >= 0.3 is 0 Å². The van der Waals surface area contributed by atoms with Gasteiger partial charge in [0.1, 0.15) is 5.82 Å². The molecule has 0 atom stereocenters. The first-order chi connectivity index (χ1) is 17.1. The Hall–Kier alpha value is -4.22. The molecule has 0 aliphatic heterocycles. The quantitative estimate of drug-likeness (QED) is 0.366. The predicted octanol–water partition coefficient (Wildman–Crippen LogP) is 4.62. The zero-order chi connectivity index (χ0) is 25.5. The van der Waals surface area contributed by atoms with Crippen molar-refractivity contribution in [1.29, 1.82) is 0 Å². The van der Waals surface area contributed by atoms with E-state index in [1.165, 1.54) is 24.5 Å². The lowest BCUT2D eigenvalue weighted by Gasteiger charge is -2.19. The molecule has 0 saturated heterocycles. The molecule has 36 heavy (non-hydrogen) atoms. The van der Waals surface area contributed by atoms with Crippen molar-refractivity contribution in [1.82, 2.24) is 24.9 Å². The summed E-state index contributed by atoms with van der Waals surface area (Å²) in [5.41, 5.74) is 0.530. The van der Waals surface area contributed by atoms with Crippen LogP contribution in [0.25, 0.3) is 11.1 Å². The highest BCUT2D eigenvalue weighted by Gasteiger charge is 2.62.